The average Bonchev–Trinajstić information content (AvgIpc) is 3.12. The molecule has 0 unspecified atom stereocenters. The number of carbonyl (C=O) groups is 2. The zero-order chi connectivity index (χ0) is 26.5. The molecule has 37 heavy (non-hydrogen) atoms. The van der Waals surface area contributed by atoms with E-state index in [0.717, 1.165) is 30.0 Å². The van der Waals surface area contributed by atoms with Crippen LogP contribution in [0, 0.1) is 24.2 Å². The van der Waals surface area contributed by atoms with Gasteiger partial charge in [-0.3, -0.25) is 24.6 Å². The normalized spacial score (nSPS) is 14.4. The van der Waals surface area contributed by atoms with Crippen LogP contribution in [0.2, 0.25) is 0 Å². The summed E-state index contributed by atoms with van der Waals surface area (Å²) in [6.07, 6.45) is 1.69. The Morgan fingerprint density at radius 3 is 2.41 bits per heavy atom. The highest BCUT2D eigenvalue weighted by molar-refractivity contribution is 14.1. The maximum absolute atomic E-state index is 12.9. The van der Waals surface area contributed by atoms with E-state index in [1.165, 1.54) is 17.0 Å². The molecule has 0 aliphatic carbocycles. The highest BCUT2D eigenvalue weighted by atomic mass is 127. The van der Waals surface area contributed by atoms with E-state index in [9.17, 15) is 19.7 Å². The van der Waals surface area contributed by atoms with Crippen molar-refractivity contribution < 1.29 is 24.0 Å². The summed E-state index contributed by atoms with van der Waals surface area (Å²) in [6.45, 7) is 2.53. The molecule has 8 nitrogen and oxygen atoms in total. The lowest BCUT2D eigenvalue weighted by molar-refractivity contribution is -0.384. The molecular formula is C26H20I2N2O6S. The number of thioether (sulfide) groups is 1. The molecule has 3 aromatic rings. The molecule has 3 aromatic carbocycles. The molecule has 1 heterocycles. The molecule has 1 saturated heterocycles. The van der Waals surface area contributed by atoms with Crippen molar-refractivity contribution in [1.82, 2.24) is 4.90 Å². The van der Waals surface area contributed by atoms with Crippen LogP contribution in [-0.4, -0.2) is 34.1 Å². The molecule has 0 spiro atoms. The minimum absolute atomic E-state index is 0.0106. The quantitative estimate of drug-likeness (QED) is 0.103. The molecule has 1 aliphatic heterocycles. The minimum Gasteiger partial charge on any atom is -0.492 e. The van der Waals surface area contributed by atoms with Gasteiger partial charge in [-0.05, 0) is 105 Å². The topological polar surface area (TPSA) is 99.0 Å². The van der Waals surface area contributed by atoms with Crippen molar-refractivity contribution in [3.05, 3.63) is 99.5 Å². The number of aryl methyl sites for hydroxylation is 1. The first kappa shape index (κ1) is 27.4. The second kappa shape index (κ2) is 12.3. The van der Waals surface area contributed by atoms with Crippen LogP contribution in [0.3, 0.4) is 0 Å². The maximum atomic E-state index is 12.9. The SMILES string of the molecule is Cc1ccc(OCCN2C(=O)S/C(=C\c3cc(I)c(OCc4cccc([N+](=O)[O-])c4)c(I)c3)C2=O)cc1. The highest BCUT2D eigenvalue weighted by Gasteiger charge is 2.34. The Balaban J connectivity index is 1.40. The van der Waals surface area contributed by atoms with E-state index in [2.05, 4.69) is 45.2 Å². The Bertz CT molecular complexity index is 1370. The lowest BCUT2D eigenvalue weighted by atomic mass is 10.2. The fraction of sp³-hybridized carbons (Fsp3) is 0.154. The van der Waals surface area contributed by atoms with Gasteiger partial charge in [-0.2, -0.15) is 0 Å². The van der Waals surface area contributed by atoms with Crippen molar-refractivity contribution >= 4 is 79.9 Å². The van der Waals surface area contributed by atoms with Crippen molar-refractivity contribution in [3.8, 4) is 11.5 Å². The molecule has 1 aliphatic rings. The predicted molar refractivity (Wildman–Crippen MR) is 159 cm³/mol. The van der Waals surface area contributed by atoms with Crippen LogP contribution in [-0.2, 0) is 11.4 Å². The number of rotatable bonds is 9. The lowest BCUT2D eigenvalue weighted by Gasteiger charge is -2.13. The number of ether oxygens (including phenoxy) is 2. The zero-order valence-electron chi connectivity index (χ0n) is 19.5. The number of nitro groups is 1. The summed E-state index contributed by atoms with van der Waals surface area (Å²) in [4.78, 5) is 37.4. The second-order valence-corrected chi connectivity index (χ2v) is 11.3. The molecule has 0 bridgehead atoms. The van der Waals surface area contributed by atoms with Gasteiger partial charge in [-0.15, -0.1) is 0 Å². The van der Waals surface area contributed by atoms with Gasteiger partial charge in [0.25, 0.3) is 16.8 Å². The molecule has 2 amide bonds. The lowest BCUT2D eigenvalue weighted by Crippen LogP contribution is -2.32. The summed E-state index contributed by atoms with van der Waals surface area (Å²) in [5, 5.41) is 10.7. The number of nitro benzene ring substituents is 1. The molecule has 0 radical (unpaired) electrons. The number of non-ortho nitro benzene ring substituents is 1. The Morgan fingerprint density at radius 2 is 1.73 bits per heavy atom. The van der Waals surface area contributed by atoms with E-state index in [1.807, 2.05) is 43.3 Å². The number of imide groups is 1. The van der Waals surface area contributed by atoms with Crippen LogP contribution in [0.1, 0.15) is 16.7 Å². The third-order valence-electron chi connectivity index (χ3n) is 5.30. The van der Waals surface area contributed by atoms with E-state index in [4.69, 9.17) is 9.47 Å². The van der Waals surface area contributed by atoms with E-state index in [1.54, 1.807) is 18.2 Å². The predicted octanol–water partition coefficient (Wildman–Crippen LogP) is 6.81. The molecule has 0 saturated carbocycles. The number of hydrogen-bond donors (Lipinski definition) is 0. The first-order valence-corrected chi connectivity index (χ1v) is 14.0. The van der Waals surface area contributed by atoms with Crippen LogP contribution < -0.4 is 9.47 Å². The fourth-order valence-corrected chi connectivity index (χ4v) is 6.44. The molecule has 0 atom stereocenters. The number of amides is 2. The van der Waals surface area contributed by atoms with Gasteiger partial charge >= 0.3 is 0 Å². The maximum Gasteiger partial charge on any atom is 0.293 e. The summed E-state index contributed by atoms with van der Waals surface area (Å²) in [5.74, 6) is 0.981. The first-order valence-electron chi connectivity index (χ1n) is 11.0. The number of benzene rings is 3. The fourth-order valence-electron chi connectivity index (χ4n) is 3.45. The smallest absolute Gasteiger partial charge is 0.293 e. The van der Waals surface area contributed by atoms with Gasteiger partial charge in [-0.25, -0.2) is 0 Å². The molecule has 4 rings (SSSR count). The van der Waals surface area contributed by atoms with Crippen molar-refractivity contribution in [2.24, 2.45) is 0 Å². The van der Waals surface area contributed by atoms with E-state index in [-0.39, 0.29) is 36.6 Å². The molecule has 11 heteroatoms. The van der Waals surface area contributed by atoms with Crippen molar-refractivity contribution in [2.45, 2.75) is 13.5 Å². The third-order valence-corrected chi connectivity index (χ3v) is 7.81. The van der Waals surface area contributed by atoms with Gasteiger partial charge in [0.2, 0.25) is 0 Å². The molecule has 0 aromatic heterocycles. The standard InChI is InChI=1S/C26H20I2N2O6S/c1-16-5-7-20(8-6-16)35-10-9-29-25(31)23(37-26(29)32)14-18-12-21(27)24(22(28)13-18)36-15-17-3-2-4-19(11-17)30(33)34/h2-8,11-14H,9-10,15H2,1H3/b23-14-. The summed E-state index contributed by atoms with van der Waals surface area (Å²) in [5.41, 5.74) is 2.58. The summed E-state index contributed by atoms with van der Waals surface area (Å²) in [6, 6.07) is 17.6. The largest absolute Gasteiger partial charge is 0.492 e. The number of carbonyl (C=O) groups excluding carboxylic acids is 2. The van der Waals surface area contributed by atoms with Gasteiger partial charge in [0.05, 0.1) is 23.5 Å². The van der Waals surface area contributed by atoms with Crippen molar-refractivity contribution in [1.29, 1.82) is 0 Å². The first-order chi connectivity index (χ1) is 17.7. The van der Waals surface area contributed by atoms with Crippen LogP contribution in [0.15, 0.2) is 65.6 Å². The van der Waals surface area contributed by atoms with Crippen molar-refractivity contribution in [3.63, 3.8) is 0 Å². The molecule has 1 fully saturated rings. The Hall–Kier alpha value is -2.65. The van der Waals surface area contributed by atoms with Crippen molar-refractivity contribution in [2.75, 3.05) is 13.2 Å². The van der Waals surface area contributed by atoms with Gasteiger partial charge in [-0.1, -0.05) is 29.8 Å². The van der Waals surface area contributed by atoms with Crippen LogP contribution in [0.5, 0.6) is 11.5 Å². The number of hydrogen-bond acceptors (Lipinski definition) is 7. The monoisotopic (exact) mass is 742 g/mol. The zero-order valence-corrected chi connectivity index (χ0v) is 24.6. The Kier molecular flexibility index (Phi) is 9.08. The third kappa shape index (κ3) is 7.02. The summed E-state index contributed by atoms with van der Waals surface area (Å²) in [7, 11) is 0. The van der Waals surface area contributed by atoms with Gasteiger partial charge in [0.15, 0.2) is 0 Å². The average molecular weight is 742 g/mol. The Labute approximate surface area is 244 Å². The van der Waals surface area contributed by atoms with Crippen LogP contribution in [0.25, 0.3) is 6.08 Å². The minimum atomic E-state index is -0.440. The second-order valence-electron chi connectivity index (χ2n) is 8.02. The highest BCUT2D eigenvalue weighted by Crippen LogP contribution is 2.35. The van der Waals surface area contributed by atoms with Gasteiger partial charge in [0, 0.05) is 12.1 Å². The molecule has 190 valence electrons. The van der Waals surface area contributed by atoms with E-state index < -0.39 is 4.92 Å². The van der Waals surface area contributed by atoms with Gasteiger partial charge in [0.1, 0.15) is 24.7 Å². The van der Waals surface area contributed by atoms with Gasteiger partial charge < -0.3 is 9.47 Å². The number of nitrogens with zero attached hydrogens (tertiary/aromatic N) is 2. The van der Waals surface area contributed by atoms with Crippen LogP contribution >= 0.6 is 56.9 Å². The summed E-state index contributed by atoms with van der Waals surface area (Å²) >= 11 is 5.19. The number of halogens is 2. The van der Waals surface area contributed by atoms with E-state index >= 15 is 0 Å². The van der Waals surface area contributed by atoms with E-state index in [0.29, 0.717) is 22.0 Å². The molecular weight excluding hydrogens is 722 g/mol. The Morgan fingerprint density at radius 1 is 1.03 bits per heavy atom. The summed E-state index contributed by atoms with van der Waals surface area (Å²) < 4.78 is 13.2. The molecule has 0 N–H and O–H groups in total. The van der Waals surface area contributed by atoms with Crippen LogP contribution in [0.4, 0.5) is 10.5 Å².